The molecule has 3 aromatic rings. The molecule has 2 saturated heterocycles. The number of rotatable bonds is 3. The summed E-state index contributed by atoms with van der Waals surface area (Å²) < 4.78 is 1.99. The van der Waals surface area contributed by atoms with E-state index in [0.717, 1.165) is 48.9 Å². The summed E-state index contributed by atoms with van der Waals surface area (Å²) in [5, 5.41) is 8.92. The normalized spacial score (nSPS) is 17.7. The van der Waals surface area contributed by atoms with Crippen LogP contribution < -0.4 is 9.80 Å². The van der Waals surface area contributed by atoms with Crippen LogP contribution in [0.15, 0.2) is 48.8 Å². The van der Waals surface area contributed by atoms with Gasteiger partial charge in [0, 0.05) is 57.2 Å². The van der Waals surface area contributed by atoms with E-state index in [4.69, 9.17) is 0 Å². The lowest BCUT2D eigenvalue weighted by Gasteiger charge is -2.35. The second-order valence-corrected chi connectivity index (χ2v) is 7.84. The predicted molar refractivity (Wildman–Crippen MR) is 114 cm³/mol. The molecule has 29 heavy (non-hydrogen) atoms. The van der Waals surface area contributed by atoms with Gasteiger partial charge in [-0.2, -0.15) is 0 Å². The van der Waals surface area contributed by atoms with Crippen molar-refractivity contribution in [1.82, 2.24) is 19.5 Å². The summed E-state index contributed by atoms with van der Waals surface area (Å²) in [5.74, 6) is 1.97. The number of carbonyl (C=O) groups excluding carboxylic acids is 1. The first-order chi connectivity index (χ1) is 14.3. The standard InChI is InChI=1S/C22H26N6O/c29-22(18-16-19-6-2-5-11-28(19)17-18)27-14-12-26(13-15-27)21-8-7-20(23-24-21)25-9-3-1-4-10-25/h2,5-8,11,16-17H,1,3-4,9-10,12-15H2. The van der Waals surface area contributed by atoms with Crippen LogP contribution in [-0.2, 0) is 0 Å². The molecule has 2 aliphatic rings. The summed E-state index contributed by atoms with van der Waals surface area (Å²) in [6.45, 7) is 5.09. The van der Waals surface area contributed by atoms with Gasteiger partial charge in [-0.1, -0.05) is 6.07 Å². The van der Waals surface area contributed by atoms with Gasteiger partial charge in [0.15, 0.2) is 11.6 Å². The monoisotopic (exact) mass is 390 g/mol. The second-order valence-electron chi connectivity index (χ2n) is 7.84. The minimum Gasteiger partial charge on any atom is -0.355 e. The molecule has 7 heteroatoms. The topological polar surface area (TPSA) is 57.0 Å². The van der Waals surface area contributed by atoms with E-state index in [1.54, 1.807) is 0 Å². The summed E-state index contributed by atoms with van der Waals surface area (Å²) in [4.78, 5) is 19.4. The van der Waals surface area contributed by atoms with E-state index < -0.39 is 0 Å². The van der Waals surface area contributed by atoms with E-state index in [9.17, 15) is 4.79 Å². The molecular formula is C22H26N6O. The van der Waals surface area contributed by atoms with Crippen LogP contribution in [0.5, 0.6) is 0 Å². The van der Waals surface area contributed by atoms with Crippen LogP contribution in [0.2, 0.25) is 0 Å². The largest absolute Gasteiger partial charge is 0.355 e. The Labute approximate surface area is 170 Å². The number of pyridine rings is 1. The minimum absolute atomic E-state index is 0.0971. The van der Waals surface area contributed by atoms with E-state index in [1.807, 2.05) is 46.0 Å². The van der Waals surface area contributed by atoms with Gasteiger partial charge in [0.05, 0.1) is 5.56 Å². The molecule has 0 N–H and O–H groups in total. The van der Waals surface area contributed by atoms with Crippen molar-refractivity contribution in [2.45, 2.75) is 19.3 Å². The zero-order valence-electron chi connectivity index (χ0n) is 16.6. The maximum atomic E-state index is 12.9. The van der Waals surface area contributed by atoms with Crippen LogP contribution >= 0.6 is 0 Å². The van der Waals surface area contributed by atoms with Crippen LogP contribution in [0, 0.1) is 0 Å². The molecule has 0 unspecified atom stereocenters. The molecule has 1 amide bonds. The molecule has 0 saturated carbocycles. The summed E-state index contributed by atoms with van der Waals surface area (Å²) >= 11 is 0. The number of fused-ring (bicyclic) bond motifs is 1. The zero-order valence-corrected chi connectivity index (χ0v) is 16.6. The van der Waals surface area contributed by atoms with Crippen LogP contribution in [0.25, 0.3) is 5.52 Å². The number of hydrogen-bond acceptors (Lipinski definition) is 5. The van der Waals surface area contributed by atoms with Gasteiger partial charge in [-0.15, -0.1) is 10.2 Å². The first-order valence-corrected chi connectivity index (χ1v) is 10.5. The maximum absolute atomic E-state index is 12.9. The lowest BCUT2D eigenvalue weighted by Crippen LogP contribution is -2.49. The number of amides is 1. The summed E-state index contributed by atoms with van der Waals surface area (Å²) in [6.07, 6.45) is 7.66. The summed E-state index contributed by atoms with van der Waals surface area (Å²) in [5.41, 5.74) is 1.79. The highest BCUT2D eigenvalue weighted by Crippen LogP contribution is 2.20. The van der Waals surface area contributed by atoms with Gasteiger partial charge in [-0.3, -0.25) is 4.79 Å². The number of carbonyl (C=O) groups is 1. The molecule has 0 aliphatic carbocycles. The van der Waals surface area contributed by atoms with Gasteiger partial charge >= 0.3 is 0 Å². The van der Waals surface area contributed by atoms with Gasteiger partial charge in [0.25, 0.3) is 5.91 Å². The fraction of sp³-hybridized carbons (Fsp3) is 0.409. The van der Waals surface area contributed by atoms with Gasteiger partial charge in [-0.05, 0) is 49.6 Å². The lowest BCUT2D eigenvalue weighted by atomic mass is 10.1. The molecule has 2 aliphatic heterocycles. The molecule has 5 heterocycles. The SMILES string of the molecule is O=C(c1cc2ccccn2c1)N1CCN(c2ccc(N3CCCCC3)nn2)CC1. The van der Waals surface area contributed by atoms with Crippen molar-refractivity contribution in [2.75, 3.05) is 49.1 Å². The second kappa shape index (κ2) is 7.73. The van der Waals surface area contributed by atoms with E-state index in [2.05, 4.69) is 32.1 Å². The maximum Gasteiger partial charge on any atom is 0.255 e. The molecule has 0 radical (unpaired) electrons. The number of piperazine rings is 1. The van der Waals surface area contributed by atoms with E-state index in [1.165, 1.54) is 19.3 Å². The molecular weight excluding hydrogens is 364 g/mol. The highest BCUT2D eigenvalue weighted by molar-refractivity contribution is 5.95. The van der Waals surface area contributed by atoms with E-state index in [-0.39, 0.29) is 5.91 Å². The van der Waals surface area contributed by atoms with Crippen LogP contribution in [0.1, 0.15) is 29.6 Å². The van der Waals surface area contributed by atoms with Crippen molar-refractivity contribution >= 4 is 23.1 Å². The Morgan fingerprint density at radius 2 is 1.48 bits per heavy atom. The highest BCUT2D eigenvalue weighted by atomic mass is 16.2. The minimum atomic E-state index is 0.0971. The quantitative estimate of drug-likeness (QED) is 0.688. The smallest absolute Gasteiger partial charge is 0.255 e. The first-order valence-electron chi connectivity index (χ1n) is 10.5. The average molecular weight is 390 g/mol. The Morgan fingerprint density at radius 3 is 2.14 bits per heavy atom. The number of hydrogen-bond donors (Lipinski definition) is 0. The number of aromatic nitrogens is 3. The van der Waals surface area contributed by atoms with Crippen molar-refractivity contribution in [3.8, 4) is 0 Å². The third-order valence-corrected chi connectivity index (χ3v) is 5.96. The zero-order chi connectivity index (χ0) is 19.6. The number of nitrogens with zero attached hydrogens (tertiary/aromatic N) is 6. The molecule has 0 atom stereocenters. The highest BCUT2D eigenvalue weighted by Gasteiger charge is 2.24. The lowest BCUT2D eigenvalue weighted by molar-refractivity contribution is 0.0746. The van der Waals surface area contributed by atoms with Gasteiger partial charge in [-0.25, -0.2) is 0 Å². The number of anilines is 2. The summed E-state index contributed by atoms with van der Waals surface area (Å²) in [7, 11) is 0. The van der Waals surface area contributed by atoms with Crippen LogP contribution in [-0.4, -0.2) is 64.7 Å². The van der Waals surface area contributed by atoms with Crippen LogP contribution in [0.4, 0.5) is 11.6 Å². The molecule has 0 aromatic carbocycles. The molecule has 7 nitrogen and oxygen atoms in total. The molecule has 0 bridgehead atoms. The Hall–Kier alpha value is -3.09. The van der Waals surface area contributed by atoms with Crippen LogP contribution in [0.3, 0.4) is 0 Å². The Kier molecular flexibility index (Phi) is 4.79. The van der Waals surface area contributed by atoms with E-state index >= 15 is 0 Å². The predicted octanol–water partition coefficient (Wildman–Crippen LogP) is 2.68. The fourth-order valence-electron chi connectivity index (χ4n) is 4.27. The van der Waals surface area contributed by atoms with Crippen molar-refractivity contribution in [1.29, 1.82) is 0 Å². The van der Waals surface area contributed by atoms with Crippen molar-refractivity contribution in [3.63, 3.8) is 0 Å². The van der Waals surface area contributed by atoms with Crippen molar-refractivity contribution < 1.29 is 4.79 Å². The van der Waals surface area contributed by atoms with Crippen molar-refractivity contribution in [3.05, 3.63) is 54.4 Å². The van der Waals surface area contributed by atoms with E-state index in [0.29, 0.717) is 13.1 Å². The van der Waals surface area contributed by atoms with Gasteiger partial charge in [0.2, 0.25) is 0 Å². The third kappa shape index (κ3) is 3.64. The summed E-state index contributed by atoms with van der Waals surface area (Å²) in [6, 6.07) is 12.1. The Morgan fingerprint density at radius 1 is 0.793 bits per heavy atom. The number of piperidine rings is 1. The Bertz CT molecular complexity index is 951. The Balaban J connectivity index is 1.21. The van der Waals surface area contributed by atoms with Crippen molar-refractivity contribution in [2.24, 2.45) is 0 Å². The third-order valence-electron chi connectivity index (χ3n) is 5.96. The molecule has 2 fully saturated rings. The average Bonchev–Trinajstić information content (AvgIpc) is 3.24. The molecule has 3 aromatic heterocycles. The molecule has 150 valence electrons. The first kappa shape index (κ1) is 18.0. The molecule has 0 spiro atoms. The van der Waals surface area contributed by atoms with Gasteiger partial charge < -0.3 is 19.1 Å². The fourth-order valence-corrected chi connectivity index (χ4v) is 4.27. The van der Waals surface area contributed by atoms with Gasteiger partial charge in [0.1, 0.15) is 0 Å². The molecule has 5 rings (SSSR count).